The molecule has 0 radical (unpaired) electrons. The van der Waals surface area contributed by atoms with E-state index in [2.05, 4.69) is 13.2 Å². The molecule has 1 heterocycles. The zero-order valence-electron chi connectivity index (χ0n) is 13.5. The van der Waals surface area contributed by atoms with E-state index in [1.807, 2.05) is 24.3 Å². The van der Waals surface area contributed by atoms with Crippen LogP contribution < -0.4 is 10.5 Å². The Kier molecular flexibility index (Phi) is 6.36. The number of benzene rings is 1. The minimum Gasteiger partial charge on any atom is -0.490 e. The van der Waals surface area contributed by atoms with Gasteiger partial charge in [0.2, 0.25) is 0 Å². The van der Waals surface area contributed by atoms with Gasteiger partial charge in [-0.25, -0.2) is 0 Å². The Balaban J connectivity index is 2.20. The summed E-state index contributed by atoms with van der Waals surface area (Å²) in [4.78, 5) is 10.7. The van der Waals surface area contributed by atoms with Gasteiger partial charge in [-0.3, -0.25) is 4.79 Å². The van der Waals surface area contributed by atoms with E-state index in [-0.39, 0.29) is 12.6 Å². The van der Waals surface area contributed by atoms with Crippen LogP contribution in [0.4, 0.5) is 5.00 Å². The second-order valence-corrected chi connectivity index (χ2v) is 7.01. The molecular formula is C17H21NO3S2. The number of anilines is 1. The average Bonchev–Trinajstić information content (AvgIpc) is 2.87. The van der Waals surface area contributed by atoms with Crippen LogP contribution in [0.5, 0.6) is 5.75 Å². The van der Waals surface area contributed by atoms with Gasteiger partial charge in [-0.1, -0.05) is 19.1 Å². The monoisotopic (exact) mass is 351 g/mol. The zero-order chi connectivity index (χ0) is 16.8. The lowest BCUT2D eigenvalue weighted by Crippen LogP contribution is -2.09. The van der Waals surface area contributed by atoms with Gasteiger partial charge >= 0.3 is 5.97 Å². The highest BCUT2D eigenvalue weighted by molar-refractivity contribution is 8.00. The smallest absolute Gasteiger partial charge is 0.302 e. The second-order valence-electron chi connectivity index (χ2n) is 4.88. The lowest BCUT2D eigenvalue weighted by atomic mass is 10.0. The SMILES string of the molecule is CCc1c(SC)sc(N)c1-c1cccc(OCCOC(C)=O)c1. The predicted molar refractivity (Wildman–Crippen MR) is 97.5 cm³/mol. The van der Waals surface area contributed by atoms with Crippen molar-refractivity contribution >= 4 is 34.1 Å². The maximum atomic E-state index is 10.7. The van der Waals surface area contributed by atoms with Crippen molar-refractivity contribution in [3.05, 3.63) is 29.8 Å². The van der Waals surface area contributed by atoms with Crippen LogP contribution in [0.25, 0.3) is 11.1 Å². The highest BCUT2D eigenvalue weighted by Gasteiger charge is 2.16. The highest BCUT2D eigenvalue weighted by atomic mass is 32.2. The molecule has 0 aliphatic rings. The number of esters is 1. The summed E-state index contributed by atoms with van der Waals surface area (Å²) in [6.07, 6.45) is 3.01. The van der Waals surface area contributed by atoms with E-state index in [1.165, 1.54) is 16.7 Å². The molecule has 1 aromatic carbocycles. The third-order valence-corrected chi connectivity index (χ3v) is 5.54. The molecule has 2 N–H and O–H groups in total. The van der Waals surface area contributed by atoms with E-state index in [4.69, 9.17) is 15.2 Å². The molecule has 0 saturated heterocycles. The van der Waals surface area contributed by atoms with Crippen molar-refractivity contribution in [3.8, 4) is 16.9 Å². The molecule has 0 bridgehead atoms. The first-order valence-electron chi connectivity index (χ1n) is 7.38. The largest absolute Gasteiger partial charge is 0.490 e. The topological polar surface area (TPSA) is 61.6 Å². The number of nitrogen functional groups attached to an aromatic ring is 1. The molecule has 124 valence electrons. The molecule has 1 aromatic heterocycles. The van der Waals surface area contributed by atoms with Crippen LogP contribution in [0.2, 0.25) is 0 Å². The van der Waals surface area contributed by atoms with Crippen molar-refractivity contribution in [2.24, 2.45) is 0 Å². The Bertz CT molecular complexity index is 682. The maximum Gasteiger partial charge on any atom is 0.302 e. The molecular weight excluding hydrogens is 330 g/mol. The van der Waals surface area contributed by atoms with Gasteiger partial charge < -0.3 is 15.2 Å². The van der Waals surface area contributed by atoms with Gasteiger partial charge in [-0.2, -0.15) is 0 Å². The van der Waals surface area contributed by atoms with Crippen LogP contribution >= 0.6 is 23.1 Å². The molecule has 0 fully saturated rings. The molecule has 0 unspecified atom stereocenters. The highest BCUT2D eigenvalue weighted by Crippen LogP contribution is 2.43. The minimum absolute atomic E-state index is 0.247. The molecule has 6 heteroatoms. The molecule has 0 spiro atoms. The fourth-order valence-electron chi connectivity index (χ4n) is 2.35. The number of carbonyl (C=O) groups is 1. The fraction of sp³-hybridized carbons (Fsp3) is 0.353. The third-order valence-electron chi connectivity index (χ3n) is 3.32. The van der Waals surface area contributed by atoms with Gasteiger partial charge in [0, 0.05) is 12.5 Å². The standard InChI is InChI=1S/C17H21NO3S2/c1-4-14-15(16(18)23-17(14)22-3)12-6-5-7-13(10-12)21-9-8-20-11(2)19/h5-7,10H,4,8-9,18H2,1-3H3. The number of nitrogens with two attached hydrogens (primary N) is 1. The number of hydrogen-bond donors (Lipinski definition) is 1. The van der Waals surface area contributed by atoms with Gasteiger partial charge in [0.25, 0.3) is 0 Å². The normalized spacial score (nSPS) is 10.6. The first-order chi connectivity index (χ1) is 11.1. The van der Waals surface area contributed by atoms with E-state index in [1.54, 1.807) is 23.1 Å². The predicted octanol–water partition coefficient (Wildman–Crippen LogP) is 4.22. The number of ether oxygens (including phenoxy) is 2. The summed E-state index contributed by atoms with van der Waals surface area (Å²) in [5.41, 5.74) is 9.69. The van der Waals surface area contributed by atoms with Crippen LogP contribution in [0, 0.1) is 0 Å². The summed E-state index contributed by atoms with van der Waals surface area (Å²) in [5, 5.41) is 0.836. The summed E-state index contributed by atoms with van der Waals surface area (Å²) in [5.74, 6) is 0.443. The lowest BCUT2D eigenvalue weighted by molar-refractivity contribution is -0.141. The van der Waals surface area contributed by atoms with Crippen LogP contribution in [0.1, 0.15) is 19.4 Å². The molecule has 2 rings (SSSR count). The maximum absolute atomic E-state index is 10.7. The number of thioether (sulfide) groups is 1. The van der Waals surface area contributed by atoms with E-state index in [0.29, 0.717) is 6.61 Å². The number of rotatable bonds is 7. The minimum atomic E-state index is -0.300. The summed E-state index contributed by atoms with van der Waals surface area (Å²) in [7, 11) is 0. The fourth-order valence-corrected chi connectivity index (χ4v) is 4.36. The van der Waals surface area contributed by atoms with E-state index in [9.17, 15) is 4.79 Å². The van der Waals surface area contributed by atoms with Crippen molar-refractivity contribution < 1.29 is 14.3 Å². The van der Waals surface area contributed by atoms with Crippen LogP contribution in [-0.2, 0) is 16.0 Å². The van der Waals surface area contributed by atoms with Crippen molar-refractivity contribution in [2.75, 3.05) is 25.2 Å². The van der Waals surface area contributed by atoms with Crippen LogP contribution in [0.3, 0.4) is 0 Å². The molecule has 4 nitrogen and oxygen atoms in total. The summed E-state index contributed by atoms with van der Waals surface area (Å²) < 4.78 is 11.8. The Morgan fingerprint density at radius 2 is 2.13 bits per heavy atom. The van der Waals surface area contributed by atoms with Gasteiger partial charge in [0.1, 0.15) is 19.0 Å². The van der Waals surface area contributed by atoms with E-state index in [0.717, 1.165) is 28.3 Å². The molecule has 0 saturated carbocycles. The summed E-state index contributed by atoms with van der Waals surface area (Å²) in [6, 6.07) is 7.86. The van der Waals surface area contributed by atoms with Crippen LogP contribution in [0.15, 0.2) is 28.5 Å². The van der Waals surface area contributed by atoms with E-state index < -0.39 is 0 Å². The van der Waals surface area contributed by atoms with Gasteiger partial charge in [-0.05, 0) is 35.9 Å². The first kappa shape index (κ1) is 17.7. The van der Waals surface area contributed by atoms with Crippen LogP contribution in [-0.4, -0.2) is 25.4 Å². The molecule has 0 aliphatic heterocycles. The quantitative estimate of drug-likeness (QED) is 0.460. The lowest BCUT2D eigenvalue weighted by Gasteiger charge is -2.10. The van der Waals surface area contributed by atoms with Crippen molar-refractivity contribution in [1.82, 2.24) is 0 Å². The molecule has 2 aromatic rings. The average molecular weight is 351 g/mol. The Morgan fingerprint density at radius 1 is 1.35 bits per heavy atom. The van der Waals surface area contributed by atoms with E-state index >= 15 is 0 Å². The third kappa shape index (κ3) is 4.42. The molecule has 0 amide bonds. The summed E-state index contributed by atoms with van der Waals surface area (Å²) >= 11 is 3.37. The second kappa shape index (κ2) is 8.26. The van der Waals surface area contributed by atoms with Gasteiger partial charge in [0.15, 0.2) is 0 Å². The van der Waals surface area contributed by atoms with Crippen molar-refractivity contribution in [1.29, 1.82) is 0 Å². The Morgan fingerprint density at radius 3 is 2.78 bits per heavy atom. The van der Waals surface area contributed by atoms with Gasteiger partial charge in [0.05, 0.1) is 9.21 Å². The Hall–Kier alpha value is -1.66. The number of carbonyl (C=O) groups excluding carboxylic acids is 1. The van der Waals surface area contributed by atoms with Gasteiger partial charge in [-0.15, -0.1) is 23.1 Å². The first-order valence-corrected chi connectivity index (χ1v) is 9.42. The number of hydrogen-bond acceptors (Lipinski definition) is 6. The molecule has 0 aliphatic carbocycles. The molecule has 0 atom stereocenters. The molecule has 23 heavy (non-hydrogen) atoms. The zero-order valence-corrected chi connectivity index (χ0v) is 15.2. The van der Waals surface area contributed by atoms with Crippen molar-refractivity contribution in [2.45, 2.75) is 24.5 Å². The van der Waals surface area contributed by atoms with Crippen molar-refractivity contribution in [3.63, 3.8) is 0 Å². The number of thiophene rings is 1. The Labute approximate surface area is 145 Å². The summed E-state index contributed by atoms with van der Waals surface area (Å²) in [6.45, 7) is 4.11.